The highest BCUT2D eigenvalue weighted by molar-refractivity contribution is 5.65. The fourth-order valence-electron chi connectivity index (χ4n) is 3.87. The van der Waals surface area contributed by atoms with Crippen molar-refractivity contribution < 1.29 is 9.90 Å². The van der Waals surface area contributed by atoms with E-state index in [1.54, 1.807) is 12.4 Å². The van der Waals surface area contributed by atoms with Gasteiger partial charge in [-0.25, -0.2) is 19.7 Å². The topological polar surface area (TPSA) is 116 Å². The Bertz CT molecular complexity index is 1320. The van der Waals surface area contributed by atoms with Crippen molar-refractivity contribution in [3.05, 3.63) is 90.3 Å². The van der Waals surface area contributed by atoms with Gasteiger partial charge in [0.05, 0.1) is 6.04 Å². The Morgan fingerprint density at radius 3 is 2.42 bits per heavy atom. The van der Waals surface area contributed by atoms with Crippen molar-refractivity contribution in [2.45, 2.75) is 32.4 Å². The SMILES string of the molecule is CC(Cc1cccc(C(C)NC(=O)O)c1)Nc1nccc(N(C)c2ccnc(-c3ccccc3)n2)n1. The molecule has 36 heavy (non-hydrogen) atoms. The molecular weight excluding hydrogens is 454 g/mol. The van der Waals surface area contributed by atoms with E-state index < -0.39 is 6.09 Å². The van der Waals surface area contributed by atoms with Crippen LogP contribution in [0.4, 0.5) is 22.4 Å². The summed E-state index contributed by atoms with van der Waals surface area (Å²) >= 11 is 0. The fourth-order valence-corrected chi connectivity index (χ4v) is 3.87. The summed E-state index contributed by atoms with van der Waals surface area (Å²) in [4.78, 5) is 31.0. The normalized spacial score (nSPS) is 12.4. The maximum absolute atomic E-state index is 11.0. The maximum atomic E-state index is 11.0. The zero-order valence-electron chi connectivity index (χ0n) is 20.5. The van der Waals surface area contributed by atoms with Gasteiger partial charge in [-0.2, -0.15) is 4.98 Å². The van der Waals surface area contributed by atoms with Gasteiger partial charge in [-0.05, 0) is 43.5 Å². The lowest BCUT2D eigenvalue weighted by Crippen LogP contribution is -2.24. The van der Waals surface area contributed by atoms with Gasteiger partial charge in [-0.1, -0.05) is 54.6 Å². The molecule has 0 radical (unpaired) electrons. The van der Waals surface area contributed by atoms with Gasteiger partial charge < -0.3 is 20.6 Å². The van der Waals surface area contributed by atoms with Crippen molar-refractivity contribution in [2.24, 2.45) is 0 Å². The average Bonchev–Trinajstić information content (AvgIpc) is 2.88. The van der Waals surface area contributed by atoms with Gasteiger partial charge in [-0.15, -0.1) is 0 Å². The molecule has 2 unspecified atom stereocenters. The number of hydrogen-bond acceptors (Lipinski definition) is 7. The second-order valence-corrected chi connectivity index (χ2v) is 8.57. The monoisotopic (exact) mass is 483 g/mol. The Morgan fingerprint density at radius 2 is 1.67 bits per heavy atom. The van der Waals surface area contributed by atoms with Crippen molar-refractivity contribution in [3.63, 3.8) is 0 Å². The van der Waals surface area contributed by atoms with E-state index in [2.05, 4.69) is 32.5 Å². The first kappa shape index (κ1) is 24.6. The molecule has 2 heterocycles. The standard InChI is InChI=1S/C27H29N7O2/c1-18(16-20-8-7-11-22(17-20)19(2)31-27(35)36)30-26-29-15-13-24(33-26)34(3)23-12-14-28-25(32-23)21-9-5-4-6-10-21/h4-15,17-19,31H,16H2,1-3H3,(H,35,36)(H,29,30,33). The Morgan fingerprint density at radius 1 is 0.944 bits per heavy atom. The highest BCUT2D eigenvalue weighted by Gasteiger charge is 2.13. The van der Waals surface area contributed by atoms with E-state index >= 15 is 0 Å². The highest BCUT2D eigenvalue weighted by atomic mass is 16.4. The molecule has 2 aromatic carbocycles. The molecule has 2 aromatic heterocycles. The first-order valence-electron chi connectivity index (χ1n) is 11.7. The summed E-state index contributed by atoms with van der Waals surface area (Å²) in [5.41, 5.74) is 2.96. The lowest BCUT2D eigenvalue weighted by molar-refractivity contribution is 0.191. The number of carboxylic acid groups (broad SMARTS) is 1. The minimum atomic E-state index is -1.04. The Labute approximate surface area is 210 Å². The van der Waals surface area contributed by atoms with Crippen molar-refractivity contribution >= 4 is 23.7 Å². The van der Waals surface area contributed by atoms with E-state index in [1.807, 2.05) is 85.6 Å². The molecule has 4 aromatic rings. The molecule has 0 aliphatic rings. The van der Waals surface area contributed by atoms with Crippen LogP contribution in [0.3, 0.4) is 0 Å². The van der Waals surface area contributed by atoms with Crippen molar-refractivity contribution in [1.29, 1.82) is 0 Å². The number of amides is 1. The summed E-state index contributed by atoms with van der Waals surface area (Å²) in [6.45, 7) is 3.88. The number of aromatic nitrogens is 4. The van der Waals surface area contributed by atoms with Crippen LogP contribution in [-0.2, 0) is 6.42 Å². The molecule has 0 spiro atoms. The molecule has 9 heteroatoms. The maximum Gasteiger partial charge on any atom is 0.405 e. The molecule has 0 saturated heterocycles. The van der Waals surface area contributed by atoms with Crippen LogP contribution in [0.25, 0.3) is 11.4 Å². The van der Waals surface area contributed by atoms with Crippen LogP contribution in [0.1, 0.15) is 31.0 Å². The molecule has 0 aliphatic carbocycles. The molecule has 9 nitrogen and oxygen atoms in total. The van der Waals surface area contributed by atoms with Crippen LogP contribution in [0.15, 0.2) is 79.1 Å². The van der Waals surface area contributed by atoms with E-state index in [-0.39, 0.29) is 12.1 Å². The number of benzene rings is 2. The van der Waals surface area contributed by atoms with Gasteiger partial charge >= 0.3 is 6.09 Å². The highest BCUT2D eigenvalue weighted by Crippen LogP contribution is 2.23. The van der Waals surface area contributed by atoms with E-state index in [4.69, 9.17) is 10.1 Å². The van der Waals surface area contributed by atoms with Crippen LogP contribution < -0.4 is 15.5 Å². The van der Waals surface area contributed by atoms with Crippen molar-refractivity contribution in [3.8, 4) is 11.4 Å². The lowest BCUT2D eigenvalue weighted by Gasteiger charge is -2.20. The zero-order chi connectivity index (χ0) is 25.5. The van der Waals surface area contributed by atoms with Gasteiger partial charge in [0.1, 0.15) is 11.6 Å². The molecular formula is C27H29N7O2. The summed E-state index contributed by atoms with van der Waals surface area (Å²) in [7, 11) is 1.91. The van der Waals surface area contributed by atoms with E-state index in [1.165, 1.54) is 0 Å². The number of nitrogens with zero attached hydrogens (tertiary/aromatic N) is 5. The fraction of sp³-hybridized carbons (Fsp3) is 0.222. The van der Waals surface area contributed by atoms with Crippen LogP contribution in [0.2, 0.25) is 0 Å². The molecule has 4 rings (SSSR count). The van der Waals surface area contributed by atoms with Crippen molar-refractivity contribution in [2.75, 3.05) is 17.3 Å². The van der Waals surface area contributed by atoms with Crippen LogP contribution in [0, 0.1) is 0 Å². The smallest absolute Gasteiger partial charge is 0.405 e. The van der Waals surface area contributed by atoms with Gasteiger partial charge in [0.2, 0.25) is 5.95 Å². The summed E-state index contributed by atoms with van der Waals surface area (Å²) in [6, 6.07) is 21.2. The number of nitrogens with one attached hydrogen (secondary N) is 2. The number of anilines is 3. The quantitative estimate of drug-likeness (QED) is 0.302. The Balaban J connectivity index is 1.44. The molecule has 0 fully saturated rings. The number of hydrogen-bond donors (Lipinski definition) is 3. The molecule has 0 bridgehead atoms. The predicted molar refractivity (Wildman–Crippen MR) is 140 cm³/mol. The lowest BCUT2D eigenvalue weighted by atomic mass is 10.0. The third-order valence-corrected chi connectivity index (χ3v) is 5.71. The van der Waals surface area contributed by atoms with E-state index in [0.29, 0.717) is 17.6 Å². The van der Waals surface area contributed by atoms with Crippen LogP contribution >= 0.6 is 0 Å². The van der Waals surface area contributed by atoms with E-state index in [9.17, 15) is 4.79 Å². The predicted octanol–water partition coefficient (Wildman–Crippen LogP) is 5.07. The first-order chi connectivity index (χ1) is 17.4. The van der Waals surface area contributed by atoms with E-state index in [0.717, 1.165) is 28.9 Å². The summed E-state index contributed by atoms with van der Waals surface area (Å²) in [6.07, 6.45) is 3.14. The second-order valence-electron chi connectivity index (χ2n) is 8.57. The second kappa shape index (κ2) is 11.3. The molecule has 184 valence electrons. The zero-order valence-corrected chi connectivity index (χ0v) is 20.5. The van der Waals surface area contributed by atoms with Crippen LogP contribution in [0.5, 0.6) is 0 Å². The first-order valence-corrected chi connectivity index (χ1v) is 11.7. The molecule has 2 atom stereocenters. The van der Waals surface area contributed by atoms with Gasteiger partial charge in [-0.3, -0.25) is 0 Å². The Hall–Kier alpha value is -4.53. The largest absolute Gasteiger partial charge is 0.465 e. The minimum Gasteiger partial charge on any atom is -0.465 e. The molecule has 0 aliphatic heterocycles. The summed E-state index contributed by atoms with van der Waals surface area (Å²) in [5.74, 6) is 2.59. The summed E-state index contributed by atoms with van der Waals surface area (Å²) in [5, 5.41) is 14.8. The minimum absolute atomic E-state index is 0.0484. The number of carbonyl (C=O) groups is 1. The van der Waals surface area contributed by atoms with Gasteiger partial charge in [0.25, 0.3) is 0 Å². The molecule has 3 N–H and O–H groups in total. The van der Waals surface area contributed by atoms with Crippen LogP contribution in [-0.4, -0.2) is 44.2 Å². The average molecular weight is 484 g/mol. The molecule has 1 amide bonds. The third kappa shape index (κ3) is 6.32. The molecule has 0 saturated carbocycles. The van der Waals surface area contributed by atoms with Gasteiger partial charge in [0, 0.05) is 31.0 Å². The number of rotatable bonds is 9. The van der Waals surface area contributed by atoms with Gasteiger partial charge in [0.15, 0.2) is 5.82 Å². The van der Waals surface area contributed by atoms with Crippen molar-refractivity contribution in [1.82, 2.24) is 25.3 Å². The summed E-state index contributed by atoms with van der Waals surface area (Å²) < 4.78 is 0. The Kier molecular flexibility index (Phi) is 7.69. The third-order valence-electron chi connectivity index (χ3n) is 5.71.